The number of carbonyl (C=O) groups excluding carboxylic acids is 2. The molecule has 0 aromatic heterocycles. The molecule has 0 aliphatic heterocycles. The van der Waals surface area contributed by atoms with Crippen LogP contribution in [0.15, 0.2) is 22.7 Å². The third-order valence-electron chi connectivity index (χ3n) is 2.61. The molecule has 0 N–H and O–H groups in total. The number of nitro benzene ring substituents is 1. The predicted molar refractivity (Wildman–Crippen MR) is 74.4 cm³/mol. The number of halogens is 1. The van der Waals surface area contributed by atoms with Gasteiger partial charge in [-0.1, -0.05) is 0 Å². The van der Waals surface area contributed by atoms with Crippen LogP contribution in [-0.2, 0) is 9.53 Å². The maximum Gasteiger partial charge on any atom is 0.325 e. The molecule has 108 valence electrons. The lowest BCUT2D eigenvalue weighted by atomic mass is 10.1. The fraction of sp³-hybridized carbons (Fsp3) is 0.333. The normalized spacial score (nSPS) is 9.95. The van der Waals surface area contributed by atoms with Crippen LogP contribution in [0.1, 0.15) is 17.3 Å². The van der Waals surface area contributed by atoms with Crippen molar-refractivity contribution in [1.29, 1.82) is 0 Å². The van der Waals surface area contributed by atoms with E-state index in [0.717, 1.165) is 0 Å². The number of hydrogen-bond acceptors (Lipinski definition) is 5. The van der Waals surface area contributed by atoms with Gasteiger partial charge in [-0.05, 0) is 28.9 Å². The lowest BCUT2D eigenvalue weighted by Crippen LogP contribution is -2.36. The van der Waals surface area contributed by atoms with E-state index in [1.165, 1.54) is 30.2 Å². The van der Waals surface area contributed by atoms with Crippen molar-refractivity contribution in [1.82, 2.24) is 4.90 Å². The maximum absolute atomic E-state index is 12.3. The van der Waals surface area contributed by atoms with Gasteiger partial charge in [0.05, 0.1) is 17.6 Å². The number of esters is 1. The van der Waals surface area contributed by atoms with Crippen molar-refractivity contribution in [2.45, 2.75) is 6.92 Å². The van der Waals surface area contributed by atoms with E-state index in [1.54, 1.807) is 6.92 Å². The standard InChI is InChI=1S/C12H13BrN2O5/c1-3-14(7-11(16)20-2)12(17)9-6-8(15(18)19)4-5-10(9)13/h4-6H,3,7H2,1-2H3. The Morgan fingerprint density at radius 3 is 2.60 bits per heavy atom. The molecule has 0 bridgehead atoms. The molecule has 0 fully saturated rings. The van der Waals surface area contributed by atoms with Crippen LogP contribution in [0.2, 0.25) is 0 Å². The number of ether oxygens (including phenoxy) is 1. The highest BCUT2D eigenvalue weighted by molar-refractivity contribution is 9.10. The first-order chi connectivity index (χ1) is 9.40. The van der Waals surface area contributed by atoms with Crippen LogP contribution in [0.3, 0.4) is 0 Å². The highest BCUT2D eigenvalue weighted by Gasteiger charge is 2.22. The summed E-state index contributed by atoms with van der Waals surface area (Å²) in [5, 5.41) is 10.7. The van der Waals surface area contributed by atoms with Crippen molar-refractivity contribution in [2.75, 3.05) is 20.2 Å². The van der Waals surface area contributed by atoms with Crippen LogP contribution in [0, 0.1) is 10.1 Å². The molecule has 1 amide bonds. The van der Waals surface area contributed by atoms with Gasteiger partial charge < -0.3 is 9.64 Å². The Hall–Kier alpha value is -1.96. The Labute approximate surface area is 123 Å². The number of methoxy groups -OCH3 is 1. The number of hydrogen-bond donors (Lipinski definition) is 0. The van der Waals surface area contributed by atoms with Gasteiger partial charge in [0.2, 0.25) is 0 Å². The van der Waals surface area contributed by atoms with E-state index in [1.807, 2.05) is 0 Å². The van der Waals surface area contributed by atoms with E-state index < -0.39 is 16.8 Å². The van der Waals surface area contributed by atoms with Crippen molar-refractivity contribution in [2.24, 2.45) is 0 Å². The van der Waals surface area contributed by atoms with E-state index in [4.69, 9.17) is 0 Å². The van der Waals surface area contributed by atoms with Crippen LogP contribution >= 0.6 is 15.9 Å². The summed E-state index contributed by atoms with van der Waals surface area (Å²) in [4.78, 5) is 34.9. The third-order valence-corrected chi connectivity index (χ3v) is 3.30. The number of non-ortho nitro benzene ring substituents is 1. The Balaban J connectivity index is 3.08. The summed E-state index contributed by atoms with van der Waals surface area (Å²) in [6, 6.07) is 3.89. The van der Waals surface area contributed by atoms with Crippen LogP contribution < -0.4 is 0 Å². The van der Waals surface area contributed by atoms with Gasteiger partial charge >= 0.3 is 5.97 Å². The summed E-state index contributed by atoms with van der Waals surface area (Å²) in [7, 11) is 1.23. The number of benzene rings is 1. The molecule has 0 saturated heterocycles. The number of carbonyl (C=O) groups is 2. The Morgan fingerprint density at radius 2 is 2.10 bits per heavy atom. The fourth-order valence-corrected chi connectivity index (χ4v) is 1.92. The average Bonchev–Trinajstić information content (AvgIpc) is 2.43. The first-order valence-electron chi connectivity index (χ1n) is 5.70. The second kappa shape index (κ2) is 6.99. The molecule has 0 aliphatic carbocycles. The Bertz CT molecular complexity index is 547. The van der Waals surface area contributed by atoms with Gasteiger partial charge in [-0.2, -0.15) is 0 Å². The lowest BCUT2D eigenvalue weighted by molar-refractivity contribution is -0.384. The van der Waals surface area contributed by atoms with Gasteiger partial charge in [-0.3, -0.25) is 19.7 Å². The molecule has 20 heavy (non-hydrogen) atoms. The van der Waals surface area contributed by atoms with E-state index in [0.29, 0.717) is 4.47 Å². The zero-order valence-electron chi connectivity index (χ0n) is 11.0. The van der Waals surface area contributed by atoms with Crippen molar-refractivity contribution in [3.8, 4) is 0 Å². The minimum atomic E-state index is -0.584. The SMILES string of the molecule is CCN(CC(=O)OC)C(=O)c1cc([N+](=O)[O-])ccc1Br. The van der Waals surface area contributed by atoms with E-state index >= 15 is 0 Å². The topological polar surface area (TPSA) is 89.8 Å². The largest absolute Gasteiger partial charge is 0.468 e. The summed E-state index contributed by atoms with van der Waals surface area (Å²) in [5.41, 5.74) is -0.0596. The van der Waals surface area contributed by atoms with Gasteiger partial charge in [-0.25, -0.2) is 0 Å². The van der Waals surface area contributed by atoms with Gasteiger partial charge in [0.15, 0.2) is 0 Å². The summed E-state index contributed by atoms with van der Waals surface area (Å²) in [6.45, 7) is 1.77. The third kappa shape index (κ3) is 3.77. The zero-order valence-corrected chi connectivity index (χ0v) is 12.5. The van der Waals surface area contributed by atoms with Crippen molar-refractivity contribution < 1.29 is 19.2 Å². The molecule has 1 rings (SSSR count). The molecule has 1 aromatic carbocycles. The minimum Gasteiger partial charge on any atom is -0.468 e. The van der Waals surface area contributed by atoms with Gasteiger partial charge in [0.1, 0.15) is 6.54 Å². The second-order valence-corrected chi connectivity index (χ2v) is 4.67. The number of amides is 1. The molecule has 0 unspecified atom stereocenters. The highest BCUT2D eigenvalue weighted by atomic mass is 79.9. The minimum absolute atomic E-state index is 0.130. The molecule has 7 nitrogen and oxygen atoms in total. The van der Waals surface area contributed by atoms with Crippen molar-refractivity contribution in [3.63, 3.8) is 0 Å². The molecule has 0 radical (unpaired) electrons. The molecule has 0 spiro atoms. The molecule has 0 atom stereocenters. The summed E-state index contributed by atoms with van der Waals surface area (Å²) in [5.74, 6) is -1.03. The van der Waals surface area contributed by atoms with Crippen LogP contribution in [0.25, 0.3) is 0 Å². The van der Waals surface area contributed by atoms with Gasteiger partial charge in [0.25, 0.3) is 11.6 Å². The Kier molecular flexibility index (Phi) is 5.63. The molecule has 1 aromatic rings. The van der Waals surface area contributed by atoms with Crippen molar-refractivity contribution >= 4 is 33.5 Å². The molecule has 0 saturated carbocycles. The van der Waals surface area contributed by atoms with Crippen LogP contribution in [-0.4, -0.2) is 41.9 Å². The summed E-state index contributed by atoms with van der Waals surface area (Å²) < 4.78 is 4.94. The lowest BCUT2D eigenvalue weighted by Gasteiger charge is -2.19. The fourth-order valence-electron chi connectivity index (χ4n) is 1.51. The van der Waals surface area contributed by atoms with E-state index in [-0.39, 0.29) is 24.3 Å². The zero-order chi connectivity index (χ0) is 15.3. The van der Waals surface area contributed by atoms with Crippen LogP contribution in [0.4, 0.5) is 5.69 Å². The first-order valence-corrected chi connectivity index (χ1v) is 6.50. The van der Waals surface area contributed by atoms with E-state index in [9.17, 15) is 19.7 Å². The van der Waals surface area contributed by atoms with E-state index in [2.05, 4.69) is 20.7 Å². The van der Waals surface area contributed by atoms with Gasteiger partial charge in [0, 0.05) is 23.2 Å². The summed E-state index contributed by atoms with van der Waals surface area (Å²) in [6.07, 6.45) is 0. The molecular formula is C12H13BrN2O5. The van der Waals surface area contributed by atoms with Gasteiger partial charge in [-0.15, -0.1) is 0 Å². The number of nitrogens with zero attached hydrogens (tertiary/aromatic N) is 2. The van der Waals surface area contributed by atoms with Crippen LogP contribution in [0.5, 0.6) is 0 Å². The first kappa shape index (κ1) is 16.1. The second-order valence-electron chi connectivity index (χ2n) is 3.82. The smallest absolute Gasteiger partial charge is 0.325 e. The summed E-state index contributed by atoms with van der Waals surface area (Å²) >= 11 is 3.17. The number of rotatable bonds is 5. The quantitative estimate of drug-likeness (QED) is 0.463. The number of nitro groups is 1. The highest BCUT2D eigenvalue weighted by Crippen LogP contribution is 2.23. The molecule has 0 heterocycles. The average molecular weight is 345 g/mol. The predicted octanol–water partition coefficient (Wildman–Crippen LogP) is 1.99. The number of likely N-dealkylation sites (N-methyl/N-ethyl adjacent to an activating group) is 1. The monoisotopic (exact) mass is 344 g/mol. The molecule has 0 aliphatic rings. The Morgan fingerprint density at radius 1 is 1.45 bits per heavy atom. The maximum atomic E-state index is 12.3. The molecule has 8 heteroatoms. The molecular weight excluding hydrogens is 332 g/mol. The van der Waals surface area contributed by atoms with Crippen molar-refractivity contribution in [3.05, 3.63) is 38.3 Å².